The number of nitrogens with one attached hydrogen (secondary N) is 1. The molecule has 6 nitrogen and oxygen atoms in total. The van der Waals surface area contributed by atoms with Crippen molar-refractivity contribution in [2.75, 3.05) is 5.32 Å². The molecule has 0 unspecified atom stereocenters. The second-order valence-electron chi connectivity index (χ2n) is 6.63. The van der Waals surface area contributed by atoms with E-state index in [1.807, 2.05) is 37.3 Å². The molecule has 2 aromatic heterocycles. The summed E-state index contributed by atoms with van der Waals surface area (Å²) in [5.41, 5.74) is 2.00. The minimum Gasteiger partial charge on any atom is -0.487 e. The maximum absolute atomic E-state index is 12.2. The monoisotopic (exact) mass is 417 g/mol. The zero-order valence-corrected chi connectivity index (χ0v) is 17.1. The maximum Gasteiger partial charge on any atom is 0.258 e. The molecular weight excluding hydrogens is 398 g/mol. The van der Waals surface area contributed by atoms with Crippen molar-refractivity contribution in [3.05, 3.63) is 99.4 Å². The molecule has 7 heteroatoms. The molecule has 1 amide bonds. The Morgan fingerprint density at radius 1 is 1.17 bits per heavy atom. The lowest BCUT2D eigenvalue weighted by molar-refractivity contribution is -0.111. The first-order chi connectivity index (χ1) is 14.6. The van der Waals surface area contributed by atoms with Crippen LogP contribution in [-0.2, 0) is 11.4 Å². The van der Waals surface area contributed by atoms with E-state index in [9.17, 15) is 9.59 Å². The van der Waals surface area contributed by atoms with Gasteiger partial charge in [0, 0.05) is 35.0 Å². The molecule has 30 heavy (non-hydrogen) atoms. The molecule has 0 fully saturated rings. The summed E-state index contributed by atoms with van der Waals surface area (Å²) in [6.45, 7) is 2.10. The number of hydrogen-bond acceptors (Lipinski definition) is 5. The van der Waals surface area contributed by atoms with Gasteiger partial charge in [-0.1, -0.05) is 36.4 Å². The minimum atomic E-state index is -0.232. The molecule has 0 bridgehead atoms. The average Bonchev–Trinajstić information content (AvgIpc) is 3.13. The van der Waals surface area contributed by atoms with Gasteiger partial charge in [-0.25, -0.2) is 4.98 Å². The van der Waals surface area contributed by atoms with E-state index in [1.54, 1.807) is 36.5 Å². The number of aromatic nitrogens is 2. The van der Waals surface area contributed by atoms with E-state index in [-0.39, 0.29) is 18.1 Å². The van der Waals surface area contributed by atoms with Crippen LogP contribution in [0.5, 0.6) is 5.75 Å². The van der Waals surface area contributed by atoms with Crippen LogP contribution in [0.3, 0.4) is 0 Å². The van der Waals surface area contributed by atoms with Gasteiger partial charge in [0.1, 0.15) is 12.4 Å². The molecule has 0 aliphatic rings. The highest BCUT2D eigenvalue weighted by Crippen LogP contribution is 2.19. The standard InChI is InChI=1S/C23H19N3O3S/c1-16-14-26-22(28)13-19(25-23(26)30-16)15-29-20-9-5-8-18(12-20)24-21(27)11-10-17-6-3-2-4-7-17/h2-14H,15H2,1H3,(H,24,27)/b11-10+. The number of hydrogen-bond donors (Lipinski definition) is 1. The fourth-order valence-corrected chi connectivity index (χ4v) is 3.72. The quantitative estimate of drug-likeness (QED) is 0.475. The van der Waals surface area contributed by atoms with Gasteiger partial charge in [-0.15, -0.1) is 11.3 Å². The van der Waals surface area contributed by atoms with E-state index in [2.05, 4.69) is 10.3 Å². The molecule has 2 heterocycles. The van der Waals surface area contributed by atoms with E-state index < -0.39 is 0 Å². The Kier molecular flexibility index (Phi) is 5.72. The number of thiazole rings is 1. The SMILES string of the molecule is Cc1cn2c(=O)cc(COc3cccc(NC(=O)/C=C/c4ccccc4)c3)nc2s1. The van der Waals surface area contributed by atoms with Crippen LogP contribution in [0.1, 0.15) is 16.1 Å². The first-order valence-electron chi connectivity index (χ1n) is 9.32. The highest BCUT2D eigenvalue weighted by atomic mass is 32.1. The Balaban J connectivity index is 1.40. The van der Waals surface area contributed by atoms with Gasteiger partial charge in [0.15, 0.2) is 4.96 Å². The van der Waals surface area contributed by atoms with Crippen LogP contribution in [0.4, 0.5) is 5.69 Å². The minimum absolute atomic E-state index is 0.130. The zero-order valence-electron chi connectivity index (χ0n) is 16.2. The highest BCUT2D eigenvalue weighted by molar-refractivity contribution is 7.16. The van der Waals surface area contributed by atoms with Crippen LogP contribution in [-0.4, -0.2) is 15.3 Å². The number of carbonyl (C=O) groups is 1. The molecule has 0 saturated carbocycles. The molecule has 0 spiro atoms. The molecule has 4 rings (SSSR count). The topological polar surface area (TPSA) is 72.7 Å². The van der Waals surface area contributed by atoms with Crippen molar-refractivity contribution in [2.24, 2.45) is 0 Å². The number of rotatable bonds is 6. The Morgan fingerprint density at radius 2 is 2.00 bits per heavy atom. The van der Waals surface area contributed by atoms with Gasteiger partial charge in [-0.2, -0.15) is 0 Å². The summed E-state index contributed by atoms with van der Waals surface area (Å²) >= 11 is 1.46. The second-order valence-corrected chi connectivity index (χ2v) is 7.84. The lowest BCUT2D eigenvalue weighted by atomic mass is 10.2. The molecule has 2 aromatic carbocycles. The van der Waals surface area contributed by atoms with E-state index >= 15 is 0 Å². The van der Waals surface area contributed by atoms with Crippen LogP contribution >= 0.6 is 11.3 Å². The van der Waals surface area contributed by atoms with E-state index in [0.717, 1.165) is 10.4 Å². The maximum atomic E-state index is 12.2. The second kappa shape index (κ2) is 8.75. The normalized spacial score (nSPS) is 11.1. The number of amides is 1. The summed E-state index contributed by atoms with van der Waals surface area (Å²) in [6, 6.07) is 18.2. The summed E-state index contributed by atoms with van der Waals surface area (Å²) in [4.78, 5) is 30.5. The zero-order chi connectivity index (χ0) is 20.9. The van der Waals surface area contributed by atoms with Crippen molar-refractivity contribution >= 4 is 34.0 Å². The van der Waals surface area contributed by atoms with Crippen LogP contribution in [0.2, 0.25) is 0 Å². The van der Waals surface area contributed by atoms with Gasteiger partial charge >= 0.3 is 0 Å². The molecule has 0 aliphatic heterocycles. The molecule has 1 N–H and O–H groups in total. The smallest absolute Gasteiger partial charge is 0.258 e. The fourth-order valence-electron chi connectivity index (χ4n) is 2.87. The molecule has 0 aliphatic carbocycles. The number of fused-ring (bicyclic) bond motifs is 1. The number of carbonyl (C=O) groups excluding carboxylic acids is 1. The lowest BCUT2D eigenvalue weighted by Crippen LogP contribution is -2.14. The Morgan fingerprint density at radius 3 is 2.83 bits per heavy atom. The van der Waals surface area contributed by atoms with E-state index in [4.69, 9.17) is 4.74 Å². The van der Waals surface area contributed by atoms with Crippen molar-refractivity contribution in [3.8, 4) is 5.75 Å². The molecule has 4 aromatic rings. The van der Waals surface area contributed by atoms with Crippen LogP contribution in [0, 0.1) is 6.92 Å². The fraction of sp³-hybridized carbons (Fsp3) is 0.0870. The van der Waals surface area contributed by atoms with Crippen LogP contribution in [0.25, 0.3) is 11.0 Å². The van der Waals surface area contributed by atoms with Crippen LogP contribution < -0.4 is 15.6 Å². The molecule has 0 atom stereocenters. The number of anilines is 1. The predicted octanol–water partition coefficient (Wildman–Crippen LogP) is 4.30. The van der Waals surface area contributed by atoms with Gasteiger partial charge < -0.3 is 10.1 Å². The molecule has 0 radical (unpaired) electrons. The van der Waals surface area contributed by atoms with E-state index in [1.165, 1.54) is 27.9 Å². The van der Waals surface area contributed by atoms with E-state index in [0.29, 0.717) is 22.1 Å². The van der Waals surface area contributed by atoms with Crippen molar-refractivity contribution < 1.29 is 9.53 Å². The number of benzene rings is 2. The highest BCUT2D eigenvalue weighted by Gasteiger charge is 2.07. The average molecular weight is 417 g/mol. The Hall–Kier alpha value is -3.71. The summed E-state index contributed by atoms with van der Waals surface area (Å²) in [6.07, 6.45) is 5.01. The number of aryl methyl sites for hydroxylation is 1. The summed E-state index contributed by atoms with van der Waals surface area (Å²) in [5, 5.41) is 2.81. The van der Waals surface area contributed by atoms with Gasteiger partial charge in [0.25, 0.3) is 5.56 Å². The predicted molar refractivity (Wildman–Crippen MR) is 119 cm³/mol. The van der Waals surface area contributed by atoms with Crippen LogP contribution in [0.15, 0.2) is 77.7 Å². The van der Waals surface area contributed by atoms with Gasteiger partial charge in [0.2, 0.25) is 5.91 Å². The van der Waals surface area contributed by atoms with Gasteiger partial charge in [-0.3, -0.25) is 14.0 Å². The Labute approximate surface area is 177 Å². The van der Waals surface area contributed by atoms with Crippen molar-refractivity contribution in [1.82, 2.24) is 9.38 Å². The third-order valence-electron chi connectivity index (χ3n) is 4.25. The van der Waals surface area contributed by atoms with Gasteiger partial charge in [-0.05, 0) is 30.7 Å². The summed E-state index contributed by atoms with van der Waals surface area (Å²) in [5.74, 6) is 0.341. The number of nitrogens with zero attached hydrogens (tertiary/aromatic N) is 2. The third-order valence-corrected chi connectivity index (χ3v) is 5.15. The first kappa shape index (κ1) is 19.6. The third kappa shape index (κ3) is 4.82. The van der Waals surface area contributed by atoms with Crippen molar-refractivity contribution in [3.63, 3.8) is 0 Å². The Bertz CT molecular complexity index is 1280. The number of ether oxygens (including phenoxy) is 1. The van der Waals surface area contributed by atoms with Crippen molar-refractivity contribution in [2.45, 2.75) is 13.5 Å². The molecule has 150 valence electrons. The van der Waals surface area contributed by atoms with Crippen molar-refractivity contribution in [1.29, 1.82) is 0 Å². The molecule has 0 saturated heterocycles. The van der Waals surface area contributed by atoms with Gasteiger partial charge in [0.05, 0.1) is 5.69 Å². The largest absolute Gasteiger partial charge is 0.487 e. The first-order valence-corrected chi connectivity index (χ1v) is 10.1. The summed E-state index contributed by atoms with van der Waals surface area (Å²) < 4.78 is 7.31. The molecular formula is C23H19N3O3S. The summed E-state index contributed by atoms with van der Waals surface area (Å²) in [7, 11) is 0. The lowest BCUT2D eigenvalue weighted by Gasteiger charge is -2.08.